The first-order valence-electron chi connectivity index (χ1n) is 9.41. The van der Waals surface area contributed by atoms with Crippen LogP contribution in [0, 0.1) is 10.1 Å². The van der Waals surface area contributed by atoms with E-state index in [1.54, 1.807) is 30.3 Å². The van der Waals surface area contributed by atoms with Crippen LogP contribution < -0.4 is 5.32 Å². The summed E-state index contributed by atoms with van der Waals surface area (Å²) in [6.45, 7) is 1.37. The number of carboxylic acid groups (broad SMARTS) is 1. The molecule has 0 spiro atoms. The number of amides is 1. The summed E-state index contributed by atoms with van der Waals surface area (Å²) in [5, 5.41) is 23.8. The van der Waals surface area contributed by atoms with Gasteiger partial charge in [0.2, 0.25) is 6.04 Å². The van der Waals surface area contributed by atoms with E-state index in [1.165, 1.54) is 25.1 Å². The number of nitrogens with one attached hydrogen (secondary N) is 1. The van der Waals surface area contributed by atoms with Crippen molar-refractivity contribution in [2.75, 3.05) is 5.32 Å². The number of carbonyl (C=O) groups is 2. The summed E-state index contributed by atoms with van der Waals surface area (Å²) in [6.07, 6.45) is 0.413. The summed E-state index contributed by atoms with van der Waals surface area (Å²) in [5.74, 6) is -1.70. The standard InChI is InChI=1S/C23H19ClN2O5/c1-14(26(30)31)18-11-10-17(23(28)29)13-21(18)25-22(27)19-8-4-2-6-15(19)12-16-7-3-5-9-20(16)24/h2-11,13-14H,12H2,1H3,(H,25,27)(H,28,29). The normalized spacial score (nSPS) is 11.5. The van der Waals surface area contributed by atoms with Crippen LogP contribution in [-0.4, -0.2) is 21.9 Å². The van der Waals surface area contributed by atoms with Gasteiger partial charge in [-0.1, -0.05) is 48.0 Å². The fraction of sp³-hybridized carbons (Fsp3) is 0.130. The third-order valence-electron chi connectivity index (χ3n) is 4.92. The van der Waals surface area contributed by atoms with Crippen LogP contribution in [0.25, 0.3) is 0 Å². The molecule has 0 aliphatic rings. The van der Waals surface area contributed by atoms with Crippen LogP contribution >= 0.6 is 11.6 Å². The lowest BCUT2D eigenvalue weighted by molar-refractivity contribution is -0.524. The van der Waals surface area contributed by atoms with Gasteiger partial charge in [0, 0.05) is 28.0 Å². The zero-order valence-corrected chi connectivity index (χ0v) is 17.3. The number of aromatic carboxylic acids is 1. The Labute approximate surface area is 183 Å². The Kier molecular flexibility index (Phi) is 6.67. The highest BCUT2D eigenvalue weighted by molar-refractivity contribution is 6.31. The monoisotopic (exact) mass is 438 g/mol. The molecule has 8 heteroatoms. The zero-order chi connectivity index (χ0) is 22.5. The van der Waals surface area contributed by atoms with Gasteiger partial charge in [-0.05, 0) is 47.9 Å². The van der Waals surface area contributed by atoms with Gasteiger partial charge in [-0.15, -0.1) is 0 Å². The van der Waals surface area contributed by atoms with Crippen LogP contribution in [0.1, 0.15) is 50.4 Å². The van der Waals surface area contributed by atoms with Gasteiger partial charge in [0.1, 0.15) is 0 Å². The minimum atomic E-state index is -1.20. The number of hydrogen-bond acceptors (Lipinski definition) is 4. The lowest BCUT2D eigenvalue weighted by Gasteiger charge is -2.15. The number of benzene rings is 3. The first kappa shape index (κ1) is 22.0. The highest BCUT2D eigenvalue weighted by atomic mass is 35.5. The highest BCUT2D eigenvalue weighted by Gasteiger charge is 2.23. The van der Waals surface area contributed by atoms with Gasteiger partial charge >= 0.3 is 5.97 Å². The fourth-order valence-electron chi connectivity index (χ4n) is 3.21. The van der Waals surface area contributed by atoms with Gasteiger partial charge in [0.25, 0.3) is 5.91 Å². The Morgan fingerprint density at radius 2 is 1.71 bits per heavy atom. The first-order chi connectivity index (χ1) is 14.8. The molecular formula is C23H19ClN2O5. The molecule has 0 fully saturated rings. The Morgan fingerprint density at radius 3 is 2.35 bits per heavy atom. The highest BCUT2D eigenvalue weighted by Crippen LogP contribution is 2.28. The number of nitro groups is 1. The SMILES string of the molecule is CC(c1ccc(C(=O)O)cc1NC(=O)c1ccccc1Cc1ccccc1Cl)[N+](=O)[O-]. The maximum Gasteiger partial charge on any atom is 0.335 e. The topological polar surface area (TPSA) is 110 Å². The summed E-state index contributed by atoms with van der Waals surface area (Å²) in [4.78, 5) is 35.2. The maximum absolute atomic E-state index is 13.1. The van der Waals surface area contributed by atoms with Crippen molar-refractivity contribution in [3.63, 3.8) is 0 Å². The molecule has 0 aliphatic heterocycles. The molecule has 3 aromatic carbocycles. The Balaban J connectivity index is 1.97. The van der Waals surface area contributed by atoms with Gasteiger partial charge in [0.15, 0.2) is 0 Å². The van der Waals surface area contributed by atoms with Crippen molar-refractivity contribution < 1.29 is 19.6 Å². The molecule has 1 atom stereocenters. The molecule has 0 aromatic heterocycles. The number of rotatable bonds is 7. The largest absolute Gasteiger partial charge is 0.478 e. The molecule has 1 unspecified atom stereocenters. The molecule has 0 heterocycles. The van der Waals surface area contributed by atoms with Gasteiger partial charge in [-0.25, -0.2) is 4.79 Å². The van der Waals surface area contributed by atoms with Crippen molar-refractivity contribution >= 4 is 29.2 Å². The van der Waals surface area contributed by atoms with Crippen LogP contribution in [0.4, 0.5) is 5.69 Å². The van der Waals surface area contributed by atoms with E-state index in [-0.39, 0.29) is 16.8 Å². The molecule has 7 nitrogen and oxygen atoms in total. The second kappa shape index (κ2) is 9.40. The number of anilines is 1. The van der Waals surface area contributed by atoms with Crippen molar-refractivity contribution in [1.82, 2.24) is 0 Å². The summed E-state index contributed by atoms with van der Waals surface area (Å²) in [5.41, 5.74) is 2.14. The Hall–Kier alpha value is -3.71. The fourth-order valence-corrected chi connectivity index (χ4v) is 3.41. The molecule has 3 aromatic rings. The predicted octanol–water partition coefficient (Wildman–Crippen LogP) is 5.22. The zero-order valence-electron chi connectivity index (χ0n) is 16.5. The van der Waals surface area contributed by atoms with Crippen molar-refractivity contribution in [1.29, 1.82) is 0 Å². The van der Waals surface area contributed by atoms with Gasteiger partial charge < -0.3 is 10.4 Å². The van der Waals surface area contributed by atoms with E-state index in [0.717, 1.165) is 5.56 Å². The summed E-state index contributed by atoms with van der Waals surface area (Å²) in [6, 6.07) is 17.0. The lowest BCUT2D eigenvalue weighted by atomic mass is 9.98. The van der Waals surface area contributed by atoms with Crippen LogP contribution in [-0.2, 0) is 6.42 Å². The second-order valence-corrected chi connectivity index (χ2v) is 7.36. The molecular weight excluding hydrogens is 420 g/mol. The van der Waals surface area contributed by atoms with E-state index in [4.69, 9.17) is 11.6 Å². The molecule has 2 N–H and O–H groups in total. The van der Waals surface area contributed by atoms with Crippen molar-refractivity contribution in [2.24, 2.45) is 0 Å². The van der Waals surface area contributed by atoms with E-state index in [2.05, 4.69) is 5.32 Å². The van der Waals surface area contributed by atoms with E-state index in [9.17, 15) is 24.8 Å². The number of carbonyl (C=O) groups excluding carboxylic acids is 1. The third-order valence-corrected chi connectivity index (χ3v) is 5.28. The van der Waals surface area contributed by atoms with Crippen LogP contribution in [0.15, 0.2) is 66.7 Å². The minimum absolute atomic E-state index is 0.0843. The smallest absolute Gasteiger partial charge is 0.335 e. The average Bonchev–Trinajstić information content (AvgIpc) is 2.75. The van der Waals surface area contributed by atoms with Crippen molar-refractivity contribution in [3.05, 3.63) is 110 Å². The molecule has 0 bridgehead atoms. The van der Waals surface area contributed by atoms with E-state index in [0.29, 0.717) is 22.6 Å². The molecule has 1 amide bonds. The predicted molar refractivity (Wildman–Crippen MR) is 117 cm³/mol. The van der Waals surface area contributed by atoms with Crippen LogP contribution in [0.3, 0.4) is 0 Å². The lowest BCUT2D eigenvalue weighted by Crippen LogP contribution is -2.18. The molecule has 0 aliphatic carbocycles. The number of nitrogens with zero attached hydrogens (tertiary/aromatic N) is 1. The molecule has 158 valence electrons. The van der Waals surface area contributed by atoms with Crippen molar-refractivity contribution in [2.45, 2.75) is 19.4 Å². The maximum atomic E-state index is 13.1. The van der Waals surface area contributed by atoms with Crippen molar-refractivity contribution in [3.8, 4) is 0 Å². The Morgan fingerprint density at radius 1 is 1.06 bits per heavy atom. The number of carboxylic acids is 1. The molecule has 0 saturated heterocycles. The summed E-state index contributed by atoms with van der Waals surface area (Å²) < 4.78 is 0. The van der Waals surface area contributed by atoms with Crippen LogP contribution in [0.5, 0.6) is 0 Å². The Bertz CT molecular complexity index is 1160. The van der Waals surface area contributed by atoms with Gasteiger partial charge in [-0.2, -0.15) is 0 Å². The first-order valence-corrected chi connectivity index (χ1v) is 9.79. The summed E-state index contributed by atoms with van der Waals surface area (Å²) in [7, 11) is 0. The van der Waals surface area contributed by atoms with E-state index in [1.807, 2.05) is 18.2 Å². The average molecular weight is 439 g/mol. The molecule has 0 radical (unpaired) electrons. The van der Waals surface area contributed by atoms with Gasteiger partial charge in [0.05, 0.1) is 11.3 Å². The number of hydrogen-bond donors (Lipinski definition) is 2. The summed E-state index contributed by atoms with van der Waals surface area (Å²) >= 11 is 6.25. The number of halogens is 1. The third kappa shape index (κ3) is 5.07. The molecule has 31 heavy (non-hydrogen) atoms. The second-order valence-electron chi connectivity index (χ2n) is 6.95. The van der Waals surface area contributed by atoms with E-state index < -0.39 is 22.8 Å². The molecule has 0 saturated carbocycles. The molecule has 3 rings (SSSR count). The van der Waals surface area contributed by atoms with E-state index >= 15 is 0 Å². The minimum Gasteiger partial charge on any atom is -0.478 e. The van der Waals surface area contributed by atoms with Crippen LogP contribution in [0.2, 0.25) is 5.02 Å². The quantitative estimate of drug-likeness (QED) is 0.388. The van der Waals surface area contributed by atoms with Gasteiger partial charge in [-0.3, -0.25) is 14.9 Å².